The lowest BCUT2D eigenvalue weighted by atomic mass is 9.57. The first-order chi connectivity index (χ1) is 17.4. The zero-order valence-electron chi connectivity index (χ0n) is 20.7. The largest absolute Gasteiger partial charge is 0.462 e. The number of benzene rings is 1. The predicted molar refractivity (Wildman–Crippen MR) is 134 cm³/mol. The number of amides is 1. The Morgan fingerprint density at radius 1 is 1.22 bits per heavy atom. The van der Waals surface area contributed by atoms with E-state index in [0.717, 1.165) is 42.5 Å². The van der Waals surface area contributed by atoms with Gasteiger partial charge in [0.15, 0.2) is 0 Å². The van der Waals surface area contributed by atoms with Gasteiger partial charge in [-0.1, -0.05) is 24.3 Å². The highest BCUT2D eigenvalue weighted by Gasteiger charge is 2.54. The van der Waals surface area contributed by atoms with Gasteiger partial charge in [0.1, 0.15) is 11.9 Å². The Hall–Kier alpha value is -3.22. The lowest BCUT2D eigenvalue weighted by Crippen LogP contribution is -2.48. The van der Waals surface area contributed by atoms with E-state index in [4.69, 9.17) is 9.47 Å². The number of aromatic nitrogens is 1. The molecule has 1 aromatic heterocycles. The first-order valence-corrected chi connectivity index (χ1v) is 13.0. The topological polar surface area (TPSA) is 77.5 Å². The third-order valence-corrected chi connectivity index (χ3v) is 8.18. The molecule has 1 amide bonds. The van der Waals surface area contributed by atoms with E-state index in [2.05, 4.69) is 16.4 Å². The first-order valence-electron chi connectivity index (χ1n) is 13.0. The molecule has 0 radical (unpaired) electrons. The van der Waals surface area contributed by atoms with Crippen LogP contribution >= 0.6 is 0 Å². The van der Waals surface area contributed by atoms with Crippen LogP contribution in [0, 0.1) is 35.4 Å². The second-order valence-corrected chi connectivity index (χ2v) is 10.3. The molecule has 3 fully saturated rings. The van der Waals surface area contributed by atoms with Crippen LogP contribution in [0.5, 0.6) is 0 Å². The molecule has 1 aliphatic heterocycles. The summed E-state index contributed by atoms with van der Waals surface area (Å²) >= 11 is 0. The van der Waals surface area contributed by atoms with Crippen LogP contribution in [-0.2, 0) is 14.3 Å². The van der Waals surface area contributed by atoms with Crippen LogP contribution in [0.1, 0.15) is 45.2 Å². The first kappa shape index (κ1) is 24.5. The standard InChI is InChI=1S/C29H33FN2O4/c1-3-35-29(34)32-23-10-11-24-20(14-23)15-26-27(17(2)36-28(26)33)25(24)12-9-22-8-7-19(16-31-22)18-5-4-6-21(30)13-18/h4-9,12-13,16-17,20,23-27H,3,10-11,14-15H2,1-2H3,(H,32,34)/b12-9+/t17-,20-,23-,24+,25-,26+,27-/m0/s1. The summed E-state index contributed by atoms with van der Waals surface area (Å²) in [5.41, 5.74) is 2.48. The molecule has 6 nitrogen and oxygen atoms in total. The molecule has 7 heteroatoms. The smallest absolute Gasteiger partial charge is 0.407 e. The summed E-state index contributed by atoms with van der Waals surface area (Å²) in [4.78, 5) is 29.2. The van der Waals surface area contributed by atoms with E-state index in [1.54, 1.807) is 19.2 Å². The summed E-state index contributed by atoms with van der Waals surface area (Å²) in [5.74, 6) is 0.629. The van der Waals surface area contributed by atoms with Gasteiger partial charge in [-0.2, -0.15) is 0 Å². The van der Waals surface area contributed by atoms with Crippen molar-refractivity contribution in [3.05, 3.63) is 60.2 Å². The van der Waals surface area contributed by atoms with E-state index in [1.165, 1.54) is 12.1 Å². The molecular formula is C29H33FN2O4. The number of nitrogens with one attached hydrogen (secondary N) is 1. The highest BCUT2D eigenvalue weighted by Crippen LogP contribution is 2.53. The van der Waals surface area contributed by atoms with Crippen molar-refractivity contribution in [2.75, 3.05) is 6.61 Å². The van der Waals surface area contributed by atoms with Gasteiger partial charge in [0.2, 0.25) is 0 Å². The van der Waals surface area contributed by atoms with Gasteiger partial charge in [-0.3, -0.25) is 9.78 Å². The number of alkyl carbamates (subject to hydrolysis) is 1. The number of esters is 1. The summed E-state index contributed by atoms with van der Waals surface area (Å²) in [7, 11) is 0. The van der Waals surface area contributed by atoms with E-state index in [-0.39, 0.29) is 47.8 Å². The summed E-state index contributed by atoms with van der Waals surface area (Å²) in [6, 6.07) is 10.4. The Morgan fingerprint density at radius 2 is 2.08 bits per heavy atom. The van der Waals surface area contributed by atoms with Crippen molar-refractivity contribution in [2.45, 2.75) is 51.7 Å². The SMILES string of the molecule is CCOC(=O)N[C@H]1CC[C@@H]2[C@@H](C1)C[C@H]1C(=O)O[C@@H](C)[C@H]1[C@H]2/C=C/c1ccc(-c2cccc(F)c2)cn1. The van der Waals surface area contributed by atoms with Gasteiger partial charge in [-0.25, -0.2) is 9.18 Å². The van der Waals surface area contributed by atoms with Crippen molar-refractivity contribution in [1.82, 2.24) is 10.3 Å². The number of nitrogens with zero attached hydrogens (tertiary/aromatic N) is 1. The third-order valence-electron chi connectivity index (χ3n) is 8.18. The highest BCUT2D eigenvalue weighted by molar-refractivity contribution is 5.75. The van der Waals surface area contributed by atoms with Gasteiger partial charge < -0.3 is 14.8 Å². The summed E-state index contributed by atoms with van der Waals surface area (Å²) in [6.07, 6.45) is 9.07. The molecule has 0 unspecified atom stereocenters. The number of pyridine rings is 1. The van der Waals surface area contributed by atoms with Crippen LogP contribution in [0.3, 0.4) is 0 Å². The monoisotopic (exact) mass is 492 g/mol. The molecule has 2 aromatic rings. The van der Waals surface area contributed by atoms with Crippen LogP contribution in [0.2, 0.25) is 0 Å². The Balaban J connectivity index is 1.34. The van der Waals surface area contributed by atoms with Crippen molar-refractivity contribution < 1.29 is 23.5 Å². The van der Waals surface area contributed by atoms with Gasteiger partial charge in [0, 0.05) is 23.7 Å². The fraction of sp³-hybridized carbons (Fsp3) is 0.483. The molecule has 3 aliphatic rings. The Bertz CT molecular complexity index is 1130. The zero-order chi connectivity index (χ0) is 25.2. The van der Waals surface area contributed by atoms with E-state index < -0.39 is 0 Å². The van der Waals surface area contributed by atoms with Gasteiger partial charge in [0.05, 0.1) is 18.2 Å². The van der Waals surface area contributed by atoms with Crippen molar-refractivity contribution in [3.8, 4) is 11.1 Å². The van der Waals surface area contributed by atoms with Crippen molar-refractivity contribution in [2.24, 2.45) is 29.6 Å². The molecule has 5 rings (SSSR count). The number of fused-ring (bicyclic) bond motifs is 2. The normalized spacial score (nSPS) is 31.4. The molecule has 1 N–H and O–H groups in total. The van der Waals surface area contributed by atoms with Crippen LogP contribution < -0.4 is 5.32 Å². The van der Waals surface area contributed by atoms with Crippen LogP contribution in [0.4, 0.5) is 9.18 Å². The van der Waals surface area contributed by atoms with E-state index in [0.29, 0.717) is 18.4 Å². The zero-order valence-corrected chi connectivity index (χ0v) is 20.7. The average molecular weight is 493 g/mol. The van der Waals surface area contributed by atoms with Crippen LogP contribution in [0.25, 0.3) is 17.2 Å². The third kappa shape index (κ3) is 5.01. The number of cyclic esters (lactones) is 1. The fourth-order valence-corrected chi connectivity index (χ4v) is 6.64. The van der Waals surface area contributed by atoms with Crippen molar-refractivity contribution >= 4 is 18.1 Å². The highest BCUT2D eigenvalue weighted by atomic mass is 19.1. The Kier molecular flexibility index (Phi) is 7.08. The summed E-state index contributed by atoms with van der Waals surface area (Å²) in [5, 5.41) is 3.00. The average Bonchev–Trinajstić information content (AvgIpc) is 3.15. The van der Waals surface area contributed by atoms with Gasteiger partial charge in [0.25, 0.3) is 0 Å². The summed E-state index contributed by atoms with van der Waals surface area (Å²) in [6.45, 7) is 4.15. The van der Waals surface area contributed by atoms with Gasteiger partial charge >= 0.3 is 12.1 Å². The Labute approximate surface area is 211 Å². The quantitative estimate of drug-likeness (QED) is 0.548. The number of allylic oxidation sites excluding steroid dienone is 1. The lowest BCUT2D eigenvalue weighted by molar-refractivity contribution is -0.144. The number of carbonyl (C=O) groups excluding carboxylic acids is 2. The molecule has 2 saturated carbocycles. The predicted octanol–water partition coefficient (Wildman–Crippen LogP) is 5.63. The fourth-order valence-electron chi connectivity index (χ4n) is 6.64. The molecule has 7 atom stereocenters. The maximum atomic E-state index is 13.6. The minimum Gasteiger partial charge on any atom is -0.462 e. The van der Waals surface area contributed by atoms with E-state index in [1.807, 2.05) is 31.2 Å². The maximum absolute atomic E-state index is 13.6. The summed E-state index contributed by atoms with van der Waals surface area (Å²) < 4.78 is 24.3. The molecule has 0 bridgehead atoms. The number of rotatable bonds is 5. The number of ether oxygens (including phenoxy) is 2. The molecular weight excluding hydrogens is 459 g/mol. The number of hydrogen-bond donors (Lipinski definition) is 1. The second kappa shape index (κ2) is 10.4. The van der Waals surface area contributed by atoms with Gasteiger partial charge in [-0.15, -0.1) is 0 Å². The van der Waals surface area contributed by atoms with Crippen molar-refractivity contribution in [1.29, 1.82) is 0 Å². The number of hydrogen-bond acceptors (Lipinski definition) is 5. The van der Waals surface area contributed by atoms with Crippen LogP contribution in [0.15, 0.2) is 48.7 Å². The molecule has 1 saturated heterocycles. The number of halogens is 1. The Morgan fingerprint density at radius 3 is 2.83 bits per heavy atom. The molecule has 0 spiro atoms. The lowest BCUT2D eigenvalue weighted by Gasteiger charge is -2.47. The molecule has 2 aliphatic carbocycles. The molecule has 1 aromatic carbocycles. The second-order valence-electron chi connectivity index (χ2n) is 10.3. The molecule has 2 heterocycles. The number of carbonyl (C=O) groups is 2. The van der Waals surface area contributed by atoms with Crippen LogP contribution in [-0.4, -0.2) is 35.8 Å². The minimum atomic E-state index is -0.368. The van der Waals surface area contributed by atoms with Gasteiger partial charge in [-0.05, 0) is 87.1 Å². The van der Waals surface area contributed by atoms with E-state index in [9.17, 15) is 14.0 Å². The maximum Gasteiger partial charge on any atom is 0.407 e. The van der Waals surface area contributed by atoms with Crippen molar-refractivity contribution in [3.63, 3.8) is 0 Å². The minimum absolute atomic E-state index is 0.0679. The molecule has 190 valence electrons. The van der Waals surface area contributed by atoms with E-state index >= 15 is 0 Å². The molecule has 36 heavy (non-hydrogen) atoms.